The van der Waals surface area contributed by atoms with Crippen molar-refractivity contribution in [2.45, 2.75) is 6.42 Å². The minimum atomic E-state index is -0.129. The highest BCUT2D eigenvalue weighted by atomic mass is 32.2. The molecule has 2 heterocycles. The maximum absolute atomic E-state index is 11.6. The molecule has 2 rings (SSSR count). The van der Waals surface area contributed by atoms with Crippen molar-refractivity contribution < 1.29 is 4.79 Å². The molecular weight excluding hydrogens is 212 g/mol. The van der Waals surface area contributed by atoms with Crippen LogP contribution in [0.5, 0.6) is 0 Å². The average molecular weight is 226 g/mol. The fraction of sp³-hybridized carbons (Fsp3) is 0.556. The van der Waals surface area contributed by atoms with Gasteiger partial charge in [-0.25, -0.2) is 0 Å². The molecule has 5 nitrogen and oxygen atoms in total. The van der Waals surface area contributed by atoms with Crippen LogP contribution in [0, 0.1) is 5.92 Å². The molecule has 6 heteroatoms. The summed E-state index contributed by atoms with van der Waals surface area (Å²) in [5.41, 5.74) is 5.84. The van der Waals surface area contributed by atoms with E-state index in [-0.39, 0.29) is 5.91 Å². The summed E-state index contributed by atoms with van der Waals surface area (Å²) >= 11 is 1.94. The smallest absolute Gasteiger partial charge is 0.269 e. The number of carbonyl (C=O) groups is 1. The van der Waals surface area contributed by atoms with Crippen LogP contribution < -0.4 is 11.1 Å². The summed E-state index contributed by atoms with van der Waals surface area (Å²) in [6.07, 6.45) is 1.19. The molecule has 0 saturated carbocycles. The first-order chi connectivity index (χ1) is 7.25. The molecule has 0 spiro atoms. The second-order valence-corrected chi connectivity index (χ2v) is 4.80. The number of aromatic nitrogens is 2. The van der Waals surface area contributed by atoms with Gasteiger partial charge in [-0.15, -0.1) is 0 Å². The number of nitrogens with one attached hydrogen (secondary N) is 2. The van der Waals surface area contributed by atoms with E-state index in [0.717, 1.165) is 12.3 Å². The van der Waals surface area contributed by atoms with Crippen molar-refractivity contribution in [3.05, 3.63) is 11.8 Å². The van der Waals surface area contributed by atoms with Crippen LogP contribution in [0.15, 0.2) is 6.07 Å². The number of H-pyrrole nitrogens is 1. The zero-order valence-corrected chi connectivity index (χ0v) is 9.14. The SMILES string of the molecule is Nc1cc(C(=O)NCC2CCSC2)[nH]n1. The van der Waals surface area contributed by atoms with Crippen molar-refractivity contribution in [3.8, 4) is 0 Å². The Bertz CT molecular complexity index is 346. The summed E-state index contributed by atoms with van der Waals surface area (Å²) in [6, 6.07) is 1.54. The van der Waals surface area contributed by atoms with Crippen LogP contribution in [0.3, 0.4) is 0 Å². The molecular formula is C9H14N4OS. The molecule has 0 aromatic carbocycles. The summed E-state index contributed by atoms with van der Waals surface area (Å²) in [7, 11) is 0. The van der Waals surface area contributed by atoms with Gasteiger partial charge in [-0.1, -0.05) is 0 Å². The normalized spacial score (nSPS) is 20.4. The van der Waals surface area contributed by atoms with Crippen molar-refractivity contribution >= 4 is 23.5 Å². The molecule has 1 fully saturated rings. The Kier molecular flexibility index (Phi) is 3.15. The van der Waals surface area contributed by atoms with E-state index >= 15 is 0 Å². The summed E-state index contributed by atoms with van der Waals surface area (Å²) in [6.45, 7) is 0.741. The standard InChI is InChI=1S/C9H14N4OS/c10-8-3-7(12-13-8)9(14)11-4-6-1-2-15-5-6/h3,6H,1-2,4-5H2,(H,11,14)(H3,10,12,13). The van der Waals surface area contributed by atoms with Crippen LogP contribution in [-0.2, 0) is 0 Å². The topological polar surface area (TPSA) is 83.8 Å². The van der Waals surface area contributed by atoms with Gasteiger partial charge in [-0.2, -0.15) is 16.9 Å². The van der Waals surface area contributed by atoms with Gasteiger partial charge in [0, 0.05) is 12.6 Å². The summed E-state index contributed by atoms with van der Waals surface area (Å²) < 4.78 is 0. The lowest BCUT2D eigenvalue weighted by molar-refractivity contribution is 0.0943. The third kappa shape index (κ3) is 2.65. The van der Waals surface area contributed by atoms with Crippen LogP contribution in [0.2, 0.25) is 0 Å². The van der Waals surface area contributed by atoms with Gasteiger partial charge in [0.05, 0.1) is 0 Å². The minimum Gasteiger partial charge on any atom is -0.382 e. The zero-order chi connectivity index (χ0) is 10.7. The highest BCUT2D eigenvalue weighted by Gasteiger charge is 2.17. The number of carbonyl (C=O) groups excluding carboxylic acids is 1. The summed E-state index contributed by atoms with van der Waals surface area (Å²) in [4.78, 5) is 11.6. The number of amides is 1. The number of aromatic amines is 1. The largest absolute Gasteiger partial charge is 0.382 e. The first-order valence-electron chi connectivity index (χ1n) is 4.92. The van der Waals surface area contributed by atoms with Crippen molar-refractivity contribution in [1.82, 2.24) is 15.5 Å². The number of hydrogen-bond donors (Lipinski definition) is 3. The Morgan fingerprint density at radius 2 is 2.67 bits per heavy atom. The van der Waals surface area contributed by atoms with Gasteiger partial charge < -0.3 is 11.1 Å². The van der Waals surface area contributed by atoms with Crippen LogP contribution in [-0.4, -0.2) is 34.2 Å². The Balaban J connectivity index is 1.81. The molecule has 1 aromatic rings. The number of rotatable bonds is 3. The molecule has 1 unspecified atom stereocenters. The first-order valence-corrected chi connectivity index (χ1v) is 6.08. The average Bonchev–Trinajstić information content (AvgIpc) is 2.84. The molecule has 1 saturated heterocycles. The molecule has 1 amide bonds. The van der Waals surface area contributed by atoms with E-state index in [1.54, 1.807) is 6.07 Å². The van der Waals surface area contributed by atoms with Crippen LogP contribution >= 0.6 is 11.8 Å². The number of nitrogens with two attached hydrogens (primary N) is 1. The number of nitrogens with zero attached hydrogens (tertiary/aromatic N) is 1. The molecule has 82 valence electrons. The lowest BCUT2D eigenvalue weighted by atomic mass is 10.1. The van der Waals surface area contributed by atoms with Gasteiger partial charge in [0.15, 0.2) is 0 Å². The fourth-order valence-electron chi connectivity index (χ4n) is 1.53. The molecule has 1 atom stereocenters. The molecule has 0 aliphatic carbocycles. The second kappa shape index (κ2) is 4.57. The van der Waals surface area contributed by atoms with E-state index in [0.29, 0.717) is 17.4 Å². The van der Waals surface area contributed by atoms with Crippen molar-refractivity contribution in [1.29, 1.82) is 0 Å². The third-order valence-electron chi connectivity index (χ3n) is 2.42. The highest BCUT2D eigenvalue weighted by Crippen LogP contribution is 2.22. The van der Waals surface area contributed by atoms with Gasteiger partial charge in [0.2, 0.25) is 0 Å². The maximum atomic E-state index is 11.6. The Labute approximate surface area is 92.2 Å². The molecule has 0 bridgehead atoms. The van der Waals surface area contributed by atoms with Gasteiger partial charge in [0.25, 0.3) is 5.91 Å². The van der Waals surface area contributed by atoms with E-state index in [2.05, 4.69) is 15.5 Å². The molecule has 15 heavy (non-hydrogen) atoms. The Morgan fingerprint density at radius 1 is 1.80 bits per heavy atom. The van der Waals surface area contributed by atoms with Crippen LogP contribution in [0.4, 0.5) is 5.82 Å². The van der Waals surface area contributed by atoms with Gasteiger partial charge >= 0.3 is 0 Å². The van der Waals surface area contributed by atoms with Crippen molar-refractivity contribution in [2.75, 3.05) is 23.8 Å². The molecule has 1 aliphatic rings. The van der Waals surface area contributed by atoms with E-state index in [4.69, 9.17) is 5.73 Å². The lowest BCUT2D eigenvalue weighted by Crippen LogP contribution is -2.29. The highest BCUT2D eigenvalue weighted by molar-refractivity contribution is 7.99. The fourth-order valence-corrected chi connectivity index (χ4v) is 2.81. The van der Waals surface area contributed by atoms with E-state index in [1.807, 2.05) is 11.8 Å². The predicted octanol–water partition coefficient (Wildman–Crippen LogP) is 0.475. The van der Waals surface area contributed by atoms with E-state index < -0.39 is 0 Å². The van der Waals surface area contributed by atoms with E-state index in [1.165, 1.54) is 12.2 Å². The van der Waals surface area contributed by atoms with Crippen molar-refractivity contribution in [2.24, 2.45) is 5.92 Å². The van der Waals surface area contributed by atoms with Crippen LogP contribution in [0.1, 0.15) is 16.9 Å². The number of nitrogen functional groups attached to an aromatic ring is 1. The van der Waals surface area contributed by atoms with Crippen LogP contribution in [0.25, 0.3) is 0 Å². The van der Waals surface area contributed by atoms with Gasteiger partial charge in [0.1, 0.15) is 11.5 Å². The summed E-state index contributed by atoms with van der Waals surface area (Å²) in [5.74, 6) is 3.18. The zero-order valence-electron chi connectivity index (χ0n) is 8.32. The number of thioether (sulfide) groups is 1. The van der Waals surface area contributed by atoms with Crippen molar-refractivity contribution in [3.63, 3.8) is 0 Å². The number of hydrogen-bond acceptors (Lipinski definition) is 4. The molecule has 1 aromatic heterocycles. The Morgan fingerprint density at radius 3 is 3.27 bits per heavy atom. The minimum absolute atomic E-state index is 0.129. The Hall–Kier alpha value is -1.17. The van der Waals surface area contributed by atoms with Gasteiger partial charge in [-0.3, -0.25) is 9.89 Å². The second-order valence-electron chi connectivity index (χ2n) is 3.65. The maximum Gasteiger partial charge on any atom is 0.269 e. The summed E-state index contributed by atoms with van der Waals surface area (Å²) in [5, 5.41) is 9.17. The van der Waals surface area contributed by atoms with Gasteiger partial charge in [-0.05, 0) is 23.8 Å². The number of anilines is 1. The molecule has 1 aliphatic heterocycles. The molecule has 4 N–H and O–H groups in total. The third-order valence-corrected chi connectivity index (χ3v) is 3.65. The lowest BCUT2D eigenvalue weighted by Gasteiger charge is -2.08. The quantitative estimate of drug-likeness (QED) is 0.699. The monoisotopic (exact) mass is 226 g/mol. The first kappa shape index (κ1) is 10.4. The van der Waals surface area contributed by atoms with E-state index in [9.17, 15) is 4.79 Å². The molecule has 0 radical (unpaired) electrons. The predicted molar refractivity (Wildman–Crippen MR) is 60.8 cm³/mol.